The van der Waals surface area contributed by atoms with Crippen LogP contribution in [0.4, 0.5) is 4.79 Å². The average Bonchev–Trinajstić information content (AvgIpc) is 2.43. The summed E-state index contributed by atoms with van der Waals surface area (Å²) < 4.78 is 5.34. The van der Waals surface area contributed by atoms with Crippen LogP contribution in [-0.4, -0.2) is 22.8 Å². The Hall–Kier alpha value is -1.19. The Bertz CT molecular complexity index is 390. The van der Waals surface area contributed by atoms with Crippen LogP contribution in [0, 0.1) is 11.8 Å². The minimum atomic E-state index is -0.531. The lowest BCUT2D eigenvalue weighted by molar-refractivity contribution is 0.0491. The van der Waals surface area contributed by atoms with Crippen molar-refractivity contribution in [3.63, 3.8) is 0 Å². The fourth-order valence-corrected chi connectivity index (χ4v) is 2.96. The molecule has 1 fully saturated rings. The Labute approximate surface area is 141 Å². The summed E-state index contributed by atoms with van der Waals surface area (Å²) in [5.41, 5.74) is -0.531. The molecule has 1 aliphatic carbocycles. The summed E-state index contributed by atoms with van der Waals surface area (Å²) >= 11 is 0. The van der Waals surface area contributed by atoms with Gasteiger partial charge in [-0.2, -0.15) is 0 Å². The molecule has 134 valence electrons. The minimum Gasteiger partial charge on any atom is -0.510 e. The van der Waals surface area contributed by atoms with Gasteiger partial charge in [-0.25, -0.2) is 4.79 Å². The van der Waals surface area contributed by atoms with Crippen LogP contribution >= 0.6 is 0 Å². The van der Waals surface area contributed by atoms with Gasteiger partial charge in [0.15, 0.2) is 0 Å². The van der Waals surface area contributed by atoms with E-state index in [0.29, 0.717) is 11.8 Å². The van der Waals surface area contributed by atoms with Gasteiger partial charge in [-0.3, -0.25) is 0 Å². The number of rotatable bonds is 6. The van der Waals surface area contributed by atoms with Crippen molar-refractivity contribution in [1.29, 1.82) is 0 Å². The van der Waals surface area contributed by atoms with E-state index in [1.54, 1.807) is 0 Å². The molecule has 1 saturated carbocycles. The highest BCUT2D eigenvalue weighted by molar-refractivity contribution is 5.68. The largest absolute Gasteiger partial charge is 0.510 e. The van der Waals surface area contributed by atoms with Crippen molar-refractivity contribution in [3.05, 3.63) is 11.8 Å². The van der Waals surface area contributed by atoms with Crippen molar-refractivity contribution < 1.29 is 14.6 Å². The van der Waals surface area contributed by atoms with Gasteiger partial charge in [0.25, 0.3) is 0 Å². The summed E-state index contributed by atoms with van der Waals surface area (Å²) in [7, 11) is 0. The Balaban J connectivity index is 2.70. The summed E-state index contributed by atoms with van der Waals surface area (Å²) in [5, 5.41) is 13.3. The van der Waals surface area contributed by atoms with Gasteiger partial charge in [0.05, 0.1) is 6.04 Å². The number of nitrogens with one attached hydrogen (secondary N) is 1. The summed E-state index contributed by atoms with van der Waals surface area (Å²) in [5.74, 6) is 1.32. The lowest BCUT2D eigenvalue weighted by Crippen LogP contribution is -2.41. The summed E-state index contributed by atoms with van der Waals surface area (Å²) in [6.45, 7) is 9.76. The van der Waals surface area contributed by atoms with E-state index in [0.717, 1.165) is 12.8 Å². The highest BCUT2D eigenvalue weighted by atomic mass is 16.6. The third-order valence-electron chi connectivity index (χ3n) is 4.14. The van der Waals surface area contributed by atoms with Crippen molar-refractivity contribution in [2.75, 3.05) is 0 Å². The maximum Gasteiger partial charge on any atom is 0.408 e. The number of allylic oxidation sites excluding steroid dienone is 1. The molecule has 2 N–H and O–H groups in total. The first-order valence-corrected chi connectivity index (χ1v) is 9.06. The zero-order chi connectivity index (χ0) is 17.5. The molecule has 1 aliphatic rings. The first-order chi connectivity index (χ1) is 10.7. The molecule has 0 unspecified atom stereocenters. The van der Waals surface area contributed by atoms with E-state index in [1.165, 1.54) is 32.1 Å². The standard InChI is InChI=1S/C19H35NO3/c1-14(2)11-12-17(21)16(13-15-9-7-6-8-10-15)20-18(22)23-19(3,4)5/h12,14-16,21H,6-11,13H2,1-5H3,(H,20,22)/b17-12-/t16-/m0/s1. The topological polar surface area (TPSA) is 58.6 Å². The molecule has 0 aromatic rings. The summed E-state index contributed by atoms with van der Waals surface area (Å²) in [6.07, 6.45) is 9.16. The van der Waals surface area contributed by atoms with E-state index in [9.17, 15) is 9.90 Å². The number of carbonyl (C=O) groups is 1. The lowest BCUT2D eigenvalue weighted by atomic mass is 9.84. The Morgan fingerprint density at radius 3 is 2.39 bits per heavy atom. The number of amides is 1. The van der Waals surface area contributed by atoms with Crippen molar-refractivity contribution in [3.8, 4) is 0 Å². The van der Waals surface area contributed by atoms with Crippen LogP contribution in [0.5, 0.6) is 0 Å². The van der Waals surface area contributed by atoms with Crippen molar-refractivity contribution in [2.24, 2.45) is 11.8 Å². The molecular weight excluding hydrogens is 290 g/mol. The molecule has 1 amide bonds. The molecule has 0 heterocycles. The lowest BCUT2D eigenvalue weighted by Gasteiger charge is -2.28. The van der Waals surface area contributed by atoms with Gasteiger partial charge < -0.3 is 15.2 Å². The highest BCUT2D eigenvalue weighted by Gasteiger charge is 2.25. The predicted molar refractivity (Wildman–Crippen MR) is 94.5 cm³/mol. The number of aliphatic hydroxyl groups excluding tert-OH is 1. The molecule has 23 heavy (non-hydrogen) atoms. The Kier molecular flexibility index (Phi) is 7.93. The predicted octanol–water partition coefficient (Wildman–Crippen LogP) is 5.34. The first kappa shape index (κ1) is 19.9. The Morgan fingerprint density at radius 1 is 1.26 bits per heavy atom. The van der Waals surface area contributed by atoms with Gasteiger partial charge in [-0.1, -0.05) is 46.0 Å². The average molecular weight is 325 g/mol. The quantitative estimate of drug-likeness (QED) is 0.648. The molecule has 0 bridgehead atoms. The van der Waals surface area contributed by atoms with E-state index >= 15 is 0 Å². The van der Waals surface area contributed by atoms with Gasteiger partial charge in [-0.05, 0) is 51.5 Å². The zero-order valence-electron chi connectivity index (χ0n) is 15.5. The van der Waals surface area contributed by atoms with Crippen molar-refractivity contribution in [2.45, 2.75) is 91.2 Å². The van der Waals surface area contributed by atoms with Crippen LogP contribution in [0.15, 0.2) is 11.8 Å². The summed E-state index contributed by atoms with van der Waals surface area (Å²) in [4.78, 5) is 12.1. The molecular formula is C19H35NO3. The van der Waals surface area contributed by atoms with Crippen LogP contribution in [0.1, 0.15) is 79.6 Å². The number of alkyl carbamates (subject to hydrolysis) is 1. The zero-order valence-corrected chi connectivity index (χ0v) is 15.5. The molecule has 4 nitrogen and oxygen atoms in total. The number of aliphatic hydroxyl groups is 1. The normalized spacial score (nSPS) is 18.8. The van der Waals surface area contributed by atoms with E-state index < -0.39 is 11.7 Å². The van der Waals surface area contributed by atoms with Crippen molar-refractivity contribution >= 4 is 6.09 Å². The molecule has 1 atom stereocenters. The molecule has 0 spiro atoms. The summed E-state index contributed by atoms with van der Waals surface area (Å²) in [6, 6.07) is -0.341. The fraction of sp³-hybridized carbons (Fsp3) is 0.842. The molecule has 0 aliphatic heterocycles. The van der Waals surface area contributed by atoms with Crippen LogP contribution in [-0.2, 0) is 4.74 Å². The van der Waals surface area contributed by atoms with Crippen LogP contribution in [0.2, 0.25) is 0 Å². The number of hydrogen-bond donors (Lipinski definition) is 2. The molecule has 0 saturated heterocycles. The maximum atomic E-state index is 12.1. The van der Waals surface area contributed by atoms with Crippen LogP contribution < -0.4 is 5.32 Å². The van der Waals surface area contributed by atoms with Crippen molar-refractivity contribution in [1.82, 2.24) is 5.32 Å². The van der Waals surface area contributed by atoms with E-state index in [2.05, 4.69) is 19.2 Å². The second kappa shape index (κ2) is 9.19. The van der Waals surface area contributed by atoms with Gasteiger partial charge in [0.2, 0.25) is 0 Å². The number of hydrogen-bond acceptors (Lipinski definition) is 3. The first-order valence-electron chi connectivity index (χ1n) is 9.06. The van der Waals surface area contributed by atoms with Gasteiger partial charge >= 0.3 is 6.09 Å². The monoisotopic (exact) mass is 325 g/mol. The number of carbonyl (C=O) groups excluding carboxylic acids is 1. The molecule has 1 rings (SSSR count). The Morgan fingerprint density at radius 2 is 1.87 bits per heavy atom. The SMILES string of the molecule is CC(C)C/C=C(\O)[C@H](CC1CCCCC1)NC(=O)OC(C)(C)C. The molecule has 0 aromatic carbocycles. The van der Waals surface area contributed by atoms with Crippen LogP contribution in [0.3, 0.4) is 0 Å². The third kappa shape index (κ3) is 8.87. The van der Waals surface area contributed by atoms with E-state index in [1.807, 2.05) is 26.8 Å². The second-order valence-corrected chi connectivity index (χ2v) is 8.20. The highest BCUT2D eigenvalue weighted by Crippen LogP contribution is 2.28. The maximum absolute atomic E-state index is 12.1. The fourth-order valence-electron chi connectivity index (χ4n) is 2.96. The molecule has 0 aromatic heterocycles. The van der Waals surface area contributed by atoms with E-state index in [4.69, 9.17) is 4.74 Å². The van der Waals surface area contributed by atoms with Gasteiger partial charge in [0.1, 0.15) is 11.4 Å². The number of ether oxygens (including phenoxy) is 1. The molecule has 4 heteroatoms. The van der Waals surface area contributed by atoms with Gasteiger partial charge in [0, 0.05) is 0 Å². The van der Waals surface area contributed by atoms with Gasteiger partial charge in [-0.15, -0.1) is 0 Å². The van der Waals surface area contributed by atoms with Crippen LogP contribution in [0.25, 0.3) is 0 Å². The second-order valence-electron chi connectivity index (χ2n) is 8.20. The molecule has 0 radical (unpaired) electrons. The third-order valence-corrected chi connectivity index (χ3v) is 4.14. The minimum absolute atomic E-state index is 0.273. The smallest absolute Gasteiger partial charge is 0.408 e. The van der Waals surface area contributed by atoms with E-state index in [-0.39, 0.29) is 11.8 Å².